The quantitative estimate of drug-likeness (QED) is 0.202. The predicted molar refractivity (Wildman–Crippen MR) is 58.4 cm³/mol. The molecule has 80 valence electrons. The molecule has 0 aliphatic heterocycles. The van der Waals surface area contributed by atoms with Crippen molar-refractivity contribution < 1.29 is 10.4 Å². The summed E-state index contributed by atoms with van der Waals surface area (Å²) >= 11 is 0. The van der Waals surface area contributed by atoms with Gasteiger partial charge in [-0.05, 0) is 6.07 Å². The van der Waals surface area contributed by atoms with Crippen LogP contribution >= 0.6 is 0 Å². The van der Waals surface area contributed by atoms with Crippen molar-refractivity contribution in [2.45, 2.75) is 0 Å². The maximum absolute atomic E-state index is 8.38. The Morgan fingerprint density at radius 1 is 0.867 bits per heavy atom. The lowest BCUT2D eigenvalue weighted by atomic mass is 10.1. The molecule has 0 saturated heterocycles. The van der Waals surface area contributed by atoms with Crippen LogP contribution in [0, 0.1) is 0 Å². The molecule has 7 heteroatoms. The standard InChI is InChI=1S/C8H11N5O2/c9-6-4(2-12-14)1-5(3-13-15)7(10)8(6)11/h1-3,14-15H,9-11H2/b12-2+,13-3+. The SMILES string of the molecule is Nc1c(/C=N/O)cc(/C=N/O)c(N)c1N. The van der Waals surface area contributed by atoms with Crippen LogP contribution in [0.2, 0.25) is 0 Å². The summed E-state index contributed by atoms with van der Waals surface area (Å²) in [6.07, 6.45) is 2.22. The number of oxime groups is 2. The highest BCUT2D eigenvalue weighted by Crippen LogP contribution is 2.28. The molecule has 1 aromatic carbocycles. The molecule has 0 amide bonds. The Labute approximate surface area is 85.5 Å². The highest BCUT2D eigenvalue weighted by Gasteiger charge is 2.09. The smallest absolute Gasteiger partial charge is 0.0794 e. The summed E-state index contributed by atoms with van der Waals surface area (Å²) in [5, 5.41) is 22.4. The van der Waals surface area contributed by atoms with Gasteiger partial charge in [0.05, 0.1) is 29.5 Å². The number of anilines is 3. The maximum atomic E-state index is 8.38. The minimum Gasteiger partial charge on any atom is -0.411 e. The molecule has 1 aromatic rings. The molecule has 0 saturated carbocycles. The van der Waals surface area contributed by atoms with Crippen LogP contribution < -0.4 is 17.2 Å². The summed E-state index contributed by atoms with van der Waals surface area (Å²) < 4.78 is 0. The fourth-order valence-electron chi connectivity index (χ4n) is 1.12. The topological polar surface area (TPSA) is 143 Å². The van der Waals surface area contributed by atoms with Crippen molar-refractivity contribution in [3.05, 3.63) is 17.2 Å². The molecule has 15 heavy (non-hydrogen) atoms. The third kappa shape index (κ3) is 1.90. The summed E-state index contributed by atoms with van der Waals surface area (Å²) in [5.74, 6) is 0. The number of nitrogen functional groups attached to an aromatic ring is 3. The summed E-state index contributed by atoms with van der Waals surface area (Å²) in [4.78, 5) is 0. The van der Waals surface area contributed by atoms with Crippen LogP contribution in [0.5, 0.6) is 0 Å². The molecular weight excluding hydrogens is 198 g/mol. The van der Waals surface area contributed by atoms with E-state index in [1.165, 1.54) is 6.07 Å². The minimum absolute atomic E-state index is 0.155. The van der Waals surface area contributed by atoms with Crippen LogP contribution in [0.1, 0.15) is 11.1 Å². The first-order chi connectivity index (χ1) is 7.11. The van der Waals surface area contributed by atoms with Crippen molar-refractivity contribution in [1.82, 2.24) is 0 Å². The van der Waals surface area contributed by atoms with Gasteiger partial charge in [0, 0.05) is 11.1 Å². The van der Waals surface area contributed by atoms with E-state index in [1.54, 1.807) is 0 Å². The van der Waals surface area contributed by atoms with Gasteiger partial charge >= 0.3 is 0 Å². The first-order valence-electron chi connectivity index (χ1n) is 3.94. The van der Waals surface area contributed by atoms with Crippen molar-refractivity contribution in [2.24, 2.45) is 10.3 Å². The second-order valence-corrected chi connectivity index (χ2v) is 2.79. The molecule has 0 aliphatic rings. The molecule has 7 nitrogen and oxygen atoms in total. The van der Waals surface area contributed by atoms with E-state index in [2.05, 4.69) is 10.3 Å². The maximum Gasteiger partial charge on any atom is 0.0794 e. The summed E-state index contributed by atoms with van der Waals surface area (Å²) in [7, 11) is 0. The second-order valence-electron chi connectivity index (χ2n) is 2.79. The number of nitrogens with zero attached hydrogens (tertiary/aromatic N) is 2. The molecule has 0 spiro atoms. The van der Waals surface area contributed by atoms with Gasteiger partial charge in [-0.1, -0.05) is 10.3 Å². The number of rotatable bonds is 2. The molecule has 0 radical (unpaired) electrons. The van der Waals surface area contributed by atoms with Crippen LogP contribution in [-0.4, -0.2) is 22.8 Å². The van der Waals surface area contributed by atoms with Gasteiger partial charge in [-0.2, -0.15) is 0 Å². The van der Waals surface area contributed by atoms with E-state index in [0.717, 1.165) is 12.4 Å². The largest absolute Gasteiger partial charge is 0.411 e. The monoisotopic (exact) mass is 209 g/mol. The molecular formula is C8H11N5O2. The normalized spacial score (nSPS) is 11.5. The number of nitrogens with two attached hydrogens (primary N) is 3. The fourth-order valence-corrected chi connectivity index (χ4v) is 1.12. The van der Waals surface area contributed by atoms with E-state index in [4.69, 9.17) is 27.6 Å². The summed E-state index contributed by atoms with van der Waals surface area (Å²) in [6.45, 7) is 0. The van der Waals surface area contributed by atoms with Crippen molar-refractivity contribution in [1.29, 1.82) is 0 Å². The van der Waals surface area contributed by atoms with E-state index in [1.807, 2.05) is 0 Å². The van der Waals surface area contributed by atoms with Crippen molar-refractivity contribution in [3.63, 3.8) is 0 Å². The van der Waals surface area contributed by atoms with Gasteiger partial charge in [-0.3, -0.25) is 0 Å². The first-order valence-corrected chi connectivity index (χ1v) is 3.94. The van der Waals surface area contributed by atoms with Gasteiger partial charge in [0.25, 0.3) is 0 Å². The van der Waals surface area contributed by atoms with Crippen LogP contribution in [0.4, 0.5) is 17.1 Å². The third-order valence-electron chi connectivity index (χ3n) is 1.91. The van der Waals surface area contributed by atoms with Crippen molar-refractivity contribution in [2.75, 3.05) is 17.2 Å². The van der Waals surface area contributed by atoms with Crippen LogP contribution in [0.15, 0.2) is 16.4 Å². The molecule has 0 fully saturated rings. The Balaban J connectivity index is 3.44. The van der Waals surface area contributed by atoms with Gasteiger partial charge in [0.2, 0.25) is 0 Å². The van der Waals surface area contributed by atoms with E-state index in [-0.39, 0.29) is 17.1 Å². The molecule has 0 unspecified atom stereocenters. The van der Waals surface area contributed by atoms with Crippen LogP contribution in [0.25, 0.3) is 0 Å². The zero-order valence-corrected chi connectivity index (χ0v) is 7.75. The molecule has 0 bridgehead atoms. The fraction of sp³-hybridized carbons (Fsp3) is 0. The molecule has 1 rings (SSSR count). The Morgan fingerprint density at radius 3 is 1.60 bits per heavy atom. The van der Waals surface area contributed by atoms with E-state index < -0.39 is 0 Å². The lowest BCUT2D eigenvalue weighted by Gasteiger charge is -2.09. The lowest BCUT2D eigenvalue weighted by molar-refractivity contribution is 0.322. The van der Waals surface area contributed by atoms with Crippen LogP contribution in [-0.2, 0) is 0 Å². The van der Waals surface area contributed by atoms with Crippen molar-refractivity contribution >= 4 is 29.5 Å². The molecule has 0 atom stereocenters. The Hall–Kier alpha value is -2.44. The number of hydrogen-bond donors (Lipinski definition) is 5. The first kappa shape index (κ1) is 10.6. The summed E-state index contributed by atoms with van der Waals surface area (Å²) in [6, 6.07) is 1.49. The average Bonchev–Trinajstić information content (AvgIpc) is 2.22. The minimum atomic E-state index is 0.155. The number of benzene rings is 1. The van der Waals surface area contributed by atoms with Gasteiger partial charge < -0.3 is 27.6 Å². The van der Waals surface area contributed by atoms with Gasteiger partial charge in [0.15, 0.2) is 0 Å². The lowest BCUT2D eigenvalue weighted by Crippen LogP contribution is -2.07. The number of hydrogen-bond acceptors (Lipinski definition) is 7. The van der Waals surface area contributed by atoms with Crippen LogP contribution in [0.3, 0.4) is 0 Å². The highest BCUT2D eigenvalue weighted by atomic mass is 16.4. The second kappa shape index (κ2) is 4.18. The Bertz CT molecular complexity index is 391. The molecule has 0 heterocycles. The zero-order valence-electron chi connectivity index (χ0n) is 7.75. The zero-order chi connectivity index (χ0) is 11.4. The third-order valence-corrected chi connectivity index (χ3v) is 1.91. The van der Waals surface area contributed by atoms with Gasteiger partial charge in [-0.15, -0.1) is 0 Å². The van der Waals surface area contributed by atoms with Crippen molar-refractivity contribution in [3.8, 4) is 0 Å². The van der Waals surface area contributed by atoms with E-state index in [0.29, 0.717) is 11.1 Å². The Kier molecular flexibility index (Phi) is 2.97. The molecule has 0 aliphatic carbocycles. The molecule has 8 N–H and O–H groups in total. The predicted octanol–water partition coefficient (Wildman–Crippen LogP) is 0.0494. The summed E-state index contributed by atoms with van der Waals surface area (Å²) in [5.41, 5.74) is 18.2. The van der Waals surface area contributed by atoms with Gasteiger partial charge in [0.1, 0.15) is 0 Å². The van der Waals surface area contributed by atoms with E-state index >= 15 is 0 Å². The van der Waals surface area contributed by atoms with E-state index in [9.17, 15) is 0 Å². The Morgan fingerprint density at radius 2 is 1.27 bits per heavy atom. The highest BCUT2D eigenvalue weighted by molar-refractivity contribution is 6.02. The van der Waals surface area contributed by atoms with Gasteiger partial charge in [-0.25, -0.2) is 0 Å². The average molecular weight is 209 g/mol. The molecule has 0 aromatic heterocycles.